The Morgan fingerprint density at radius 1 is 0.963 bits per heavy atom. The van der Waals surface area contributed by atoms with Crippen molar-refractivity contribution in [3.63, 3.8) is 0 Å². The fourth-order valence-electron chi connectivity index (χ4n) is 2.88. The first kappa shape index (κ1) is 17.5. The Bertz CT molecular complexity index is 1030. The number of rotatable bonds is 5. The van der Waals surface area contributed by atoms with E-state index >= 15 is 0 Å². The molecular formula is C20H19NO5S. The van der Waals surface area contributed by atoms with Crippen LogP contribution < -0.4 is 13.8 Å². The minimum absolute atomic E-state index is 0.0901. The van der Waals surface area contributed by atoms with Gasteiger partial charge in [0.2, 0.25) is 0 Å². The molecule has 0 radical (unpaired) electrons. The van der Waals surface area contributed by atoms with Crippen molar-refractivity contribution in [2.24, 2.45) is 0 Å². The number of ether oxygens (including phenoxy) is 2. The second-order valence-electron chi connectivity index (χ2n) is 6.23. The van der Waals surface area contributed by atoms with Crippen molar-refractivity contribution in [3.05, 3.63) is 72.2 Å². The van der Waals surface area contributed by atoms with Gasteiger partial charge in [-0.15, -0.1) is 0 Å². The van der Waals surface area contributed by atoms with Gasteiger partial charge >= 0.3 is 0 Å². The lowest BCUT2D eigenvalue weighted by Crippen LogP contribution is -2.30. The van der Waals surface area contributed by atoms with Gasteiger partial charge in [-0.3, -0.25) is 4.31 Å². The Balaban J connectivity index is 1.76. The minimum Gasteiger partial charge on any atom is -0.486 e. The molecule has 0 saturated carbocycles. The van der Waals surface area contributed by atoms with Gasteiger partial charge in [-0.05, 0) is 43.3 Å². The molecule has 0 bridgehead atoms. The summed E-state index contributed by atoms with van der Waals surface area (Å²) in [6.45, 7) is 2.89. The summed E-state index contributed by atoms with van der Waals surface area (Å²) in [4.78, 5) is 0.138. The first-order chi connectivity index (χ1) is 13.0. The molecule has 140 valence electrons. The van der Waals surface area contributed by atoms with Crippen LogP contribution in [0.2, 0.25) is 0 Å². The molecule has 0 N–H and O–H groups in total. The summed E-state index contributed by atoms with van der Waals surface area (Å²) in [5.74, 6) is 1.54. The van der Waals surface area contributed by atoms with Crippen LogP contribution in [-0.2, 0) is 16.6 Å². The molecule has 0 amide bonds. The second-order valence-corrected chi connectivity index (χ2v) is 8.09. The molecule has 0 aliphatic carbocycles. The fraction of sp³-hybridized carbons (Fsp3) is 0.200. The van der Waals surface area contributed by atoms with Gasteiger partial charge in [0, 0.05) is 6.07 Å². The summed E-state index contributed by atoms with van der Waals surface area (Å²) in [7, 11) is -3.84. The average molecular weight is 385 g/mol. The van der Waals surface area contributed by atoms with Gasteiger partial charge in [-0.1, -0.05) is 17.7 Å². The molecule has 6 nitrogen and oxygen atoms in total. The summed E-state index contributed by atoms with van der Waals surface area (Å²) in [6, 6.07) is 15.5. The Labute approximate surface area is 158 Å². The number of fused-ring (bicyclic) bond motifs is 1. The number of anilines is 1. The normalized spacial score (nSPS) is 13.4. The molecule has 0 saturated heterocycles. The van der Waals surface area contributed by atoms with Crippen LogP contribution in [0.25, 0.3) is 0 Å². The Hall–Kier alpha value is -2.93. The number of sulfonamides is 1. The van der Waals surface area contributed by atoms with Gasteiger partial charge < -0.3 is 13.9 Å². The zero-order valence-corrected chi connectivity index (χ0v) is 15.6. The lowest BCUT2D eigenvalue weighted by molar-refractivity contribution is 0.171. The van der Waals surface area contributed by atoms with Gasteiger partial charge in [-0.25, -0.2) is 8.42 Å². The molecule has 1 aliphatic rings. The van der Waals surface area contributed by atoms with E-state index in [1.807, 2.05) is 19.1 Å². The van der Waals surface area contributed by atoms with E-state index in [1.165, 1.54) is 22.7 Å². The monoisotopic (exact) mass is 385 g/mol. The van der Waals surface area contributed by atoms with E-state index in [1.54, 1.807) is 30.3 Å². The van der Waals surface area contributed by atoms with Gasteiger partial charge in [0.25, 0.3) is 10.0 Å². The van der Waals surface area contributed by atoms with Crippen molar-refractivity contribution in [2.75, 3.05) is 17.5 Å². The fourth-order valence-corrected chi connectivity index (χ4v) is 4.33. The predicted octanol–water partition coefficient (Wildman–Crippen LogP) is 3.75. The third-order valence-corrected chi connectivity index (χ3v) is 6.07. The zero-order valence-electron chi connectivity index (χ0n) is 14.8. The average Bonchev–Trinajstić information content (AvgIpc) is 3.20. The molecule has 7 heteroatoms. The summed E-state index contributed by atoms with van der Waals surface area (Å²) in [6.07, 6.45) is 1.53. The highest BCUT2D eigenvalue weighted by molar-refractivity contribution is 7.92. The summed E-state index contributed by atoms with van der Waals surface area (Å²) < 4.78 is 44.6. The van der Waals surface area contributed by atoms with Crippen molar-refractivity contribution in [2.45, 2.75) is 18.4 Å². The molecule has 4 rings (SSSR count). The van der Waals surface area contributed by atoms with Crippen LogP contribution in [-0.4, -0.2) is 21.6 Å². The lowest BCUT2D eigenvalue weighted by Gasteiger charge is -2.25. The number of hydrogen-bond acceptors (Lipinski definition) is 5. The van der Waals surface area contributed by atoms with Gasteiger partial charge in [0.1, 0.15) is 19.0 Å². The number of benzene rings is 2. The molecule has 0 unspecified atom stereocenters. The van der Waals surface area contributed by atoms with Crippen molar-refractivity contribution < 1.29 is 22.3 Å². The molecule has 0 atom stereocenters. The van der Waals surface area contributed by atoms with E-state index in [9.17, 15) is 8.42 Å². The first-order valence-electron chi connectivity index (χ1n) is 8.55. The maximum Gasteiger partial charge on any atom is 0.264 e. The van der Waals surface area contributed by atoms with Crippen molar-refractivity contribution in [1.29, 1.82) is 0 Å². The van der Waals surface area contributed by atoms with E-state index in [4.69, 9.17) is 13.9 Å². The summed E-state index contributed by atoms with van der Waals surface area (Å²) >= 11 is 0. The van der Waals surface area contributed by atoms with E-state index in [-0.39, 0.29) is 11.4 Å². The molecular weight excluding hydrogens is 366 g/mol. The molecule has 0 fully saturated rings. The molecule has 1 aromatic heterocycles. The molecule has 2 aromatic carbocycles. The van der Waals surface area contributed by atoms with Crippen LogP contribution in [0.5, 0.6) is 11.5 Å². The topological polar surface area (TPSA) is 69.0 Å². The first-order valence-corrected chi connectivity index (χ1v) is 9.99. The number of furan rings is 1. The maximum absolute atomic E-state index is 13.4. The Kier molecular flexibility index (Phi) is 4.53. The van der Waals surface area contributed by atoms with Crippen molar-refractivity contribution >= 4 is 15.7 Å². The molecule has 3 aromatic rings. The number of hydrogen-bond donors (Lipinski definition) is 0. The zero-order chi connectivity index (χ0) is 18.9. The Morgan fingerprint density at radius 3 is 2.41 bits per heavy atom. The highest BCUT2D eigenvalue weighted by atomic mass is 32.2. The van der Waals surface area contributed by atoms with E-state index in [0.717, 1.165) is 5.56 Å². The SMILES string of the molecule is Cc1ccc(N(Cc2ccco2)S(=O)(=O)c2ccc3c(c2)OCCO3)cc1. The molecule has 0 spiro atoms. The van der Waals surface area contributed by atoms with Crippen molar-refractivity contribution in [1.82, 2.24) is 0 Å². The molecule has 1 aliphatic heterocycles. The van der Waals surface area contributed by atoms with Crippen LogP contribution >= 0.6 is 0 Å². The minimum atomic E-state index is -3.84. The number of nitrogens with zero attached hydrogens (tertiary/aromatic N) is 1. The maximum atomic E-state index is 13.4. The van der Waals surface area contributed by atoms with Gasteiger partial charge in [0.15, 0.2) is 11.5 Å². The molecule has 27 heavy (non-hydrogen) atoms. The summed E-state index contributed by atoms with van der Waals surface area (Å²) in [5, 5.41) is 0. The second kappa shape index (κ2) is 7.00. The number of aryl methyl sites for hydroxylation is 1. The van der Waals surface area contributed by atoms with Gasteiger partial charge in [-0.2, -0.15) is 0 Å². The van der Waals surface area contributed by atoms with Crippen LogP contribution in [0, 0.1) is 6.92 Å². The largest absolute Gasteiger partial charge is 0.486 e. The highest BCUT2D eigenvalue weighted by Gasteiger charge is 2.28. The Morgan fingerprint density at radius 2 is 1.70 bits per heavy atom. The van der Waals surface area contributed by atoms with Crippen molar-refractivity contribution in [3.8, 4) is 11.5 Å². The highest BCUT2D eigenvalue weighted by Crippen LogP contribution is 2.34. The third-order valence-electron chi connectivity index (χ3n) is 4.30. The summed E-state index contributed by atoms with van der Waals surface area (Å²) in [5.41, 5.74) is 1.61. The van der Waals surface area contributed by atoms with Gasteiger partial charge in [0.05, 0.1) is 23.4 Å². The van der Waals surface area contributed by atoms with E-state index in [0.29, 0.717) is 36.2 Å². The molecule has 2 heterocycles. The van der Waals surface area contributed by atoms with E-state index in [2.05, 4.69) is 0 Å². The lowest BCUT2D eigenvalue weighted by atomic mass is 10.2. The van der Waals surface area contributed by atoms with Crippen LogP contribution in [0.1, 0.15) is 11.3 Å². The van der Waals surface area contributed by atoms with Crippen LogP contribution in [0.15, 0.2) is 70.2 Å². The van der Waals surface area contributed by atoms with E-state index < -0.39 is 10.0 Å². The third kappa shape index (κ3) is 3.50. The predicted molar refractivity (Wildman–Crippen MR) is 101 cm³/mol. The smallest absolute Gasteiger partial charge is 0.264 e. The van der Waals surface area contributed by atoms with Crippen LogP contribution in [0.3, 0.4) is 0 Å². The standard InChI is InChI=1S/C20H19NO5S/c1-15-4-6-16(7-5-15)21(14-17-3-2-10-24-17)27(22,23)18-8-9-19-20(13-18)26-12-11-25-19/h2-10,13H,11-12,14H2,1H3. The van der Waals surface area contributed by atoms with Crippen LogP contribution in [0.4, 0.5) is 5.69 Å². The quantitative estimate of drug-likeness (QED) is 0.669.